The van der Waals surface area contributed by atoms with E-state index < -0.39 is 0 Å². The Hall–Kier alpha value is -0.900. The van der Waals surface area contributed by atoms with Crippen LogP contribution in [0.1, 0.15) is 26.2 Å². The summed E-state index contributed by atoms with van der Waals surface area (Å²) in [6.45, 7) is 2.97. The van der Waals surface area contributed by atoms with E-state index in [1.54, 1.807) is 0 Å². The fourth-order valence-corrected chi connectivity index (χ4v) is 1.61. The summed E-state index contributed by atoms with van der Waals surface area (Å²) in [7, 11) is 1.92. The topological polar surface area (TPSA) is 49.4 Å². The van der Waals surface area contributed by atoms with Gasteiger partial charge in [0.15, 0.2) is 0 Å². The van der Waals surface area contributed by atoms with Crippen LogP contribution in [-0.4, -0.2) is 36.3 Å². The fraction of sp³-hybridized carbons (Fsp3) is 0.778. The first kappa shape index (κ1) is 10.2. The van der Waals surface area contributed by atoms with E-state index in [1.165, 1.54) is 0 Å². The van der Waals surface area contributed by atoms with Crippen LogP contribution in [-0.2, 0) is 9.59 Å². The molecule has 1 rings (SSSR count). The lowest BCUT2D eigenvalue weighted by Gasteiger charge is -2.29. The van der Waals surface area contributed by atoms with Gasteiger partial charge in [0.25, 0.3) is 0 Å². The SMILES string of the molecule is CCCN(C)C1CCC(=O)NC1=O. The van der Waals surface area contributed by atoms with E-state index in [-0.39, 0.29) is 17.9 Å². The number of likely N-dealkylation sites (N-methyl/N-ethyl adjacent to an activating group) is 1. The maximum Gasteiger partial charge on any atom is 0.243 e. The normalized spacial score (nSPS) is 23.5. The molecule has 0 aliphatic carbocycles. The number of nitrogens with zero attached hydrogens (tertiary/aromatic N) is 1. The van der Waals surface area contributed by atoms with Gasteiger partial charge in [0.05, 0.1) is 6.04 Å². The zero-order valence-electron chi connectivity index (χ0n) is 8.17. The van der Waals surface area contributed by atoms with Crippen molar-refractivity contribution in [1.29, 1.82) is 0 Å². The lowest BCUT2D eigenvalue weighted by Crippen LogP contribution is -2.51. The molecule has 0 saturated carbocycles. The summed E-state index contributed by atoms with van der Waals surface area (Å²) in [5.74, 6) is -0.293. The Kier molecular flexibility index (Phi) is 3.42. The molecule has 1 N–H and O–H groups in total. The second kappa shape index (κ2) is 4.37. The van der Waals surface area contributed by atoms with E-state index in [0.29, 0.717) is 12.8 Å². The molecule has 0 aromatic rings. The first-order valence-electron chi connectivity index (χ1n) is 4.69. The first-order chi connectivity index (χ1) is 6.15. The Bertz CT molecular complexity index is 216. The van der Waals surface area contributed by atoms with Crippen LogP contribution in [0, 0.1) is 0 Å². The van der Waals surface area contributed by atoms with E-state index in [1.807, 2.05) is 11.9 Å². The summed E-state index contributed by atoms with van der Waals surface area (Å²) in [4.78, 5) is 24.2. The van der Waals surface area contributed by atoms with Gasteiger partial charge in [0.1, 0.15) is 0 Å². The Morgan fingerprint density at radius 3 is 2.77 bits per heavy atom. The van der Waals surface area contributed by atoms with Crippen molar-refractivity contribution in [3.05, 3.63) is 0 Å². The number of imide groups is 1. The summed E-state index contributed by atoms with van der Waals surface area (Å²) >= 11 is 0. The second-order valence-corrected chi connectivity index (χ2v) is 3.45. The highest BCUT2D eigenvalue weighted by Crippen LogP contribution is 2.10. The molecule has 1 aliphatic heterocycles. The molecule has 13 heavy (non-hydrogen) atoms. The van der Waals surface area contributed by atoms with Gasteiger partial charge in [-0.3, -0.25) is 19.8 Å². The summed E-state index contributed by atoms with van der Waals surface area (Å²) in [5.41, 5.74) is 0. The van der Waals surface area contributed by atoms with E-state index in [2.05, 4.69) is 12.2 Å². The van der Waals surface area contributed by atoms with Gasteiger partial charge >= 0.3 is 0 Å². The highest BCUT2D eigenvalue weighted by Gasteiger charge is 2.28. The van der Waals surface area contributed by atoms with Crippen molar-refractivity contribution in [3.63, 3.8) is 0 Å². The van der Waals surface area contributed by atoms with Crippen LogP contribution in [0.4, 0.5) is 0 Å². The molecule has 1 fully saturated rings. The van der Waals surface area contributed by atoms with E-state index in [4.69, 9.17) is 0 Å². The highest BCUT2D eigenvalue weighted by atomic mass is 16.2. The number of rotatable bonds is 3. The number of hydrogen-bond donors (Lipinski definition) is 1. The minimum absolute atomic E-state index is 0.113. The van der Waals surface area contributed by atoms with Crippen molar-refractivity contribution in [2.45, 2.75) is 32.2 Å². The zero-order chi connectivity index (χ0) is 9.84. The Morgan fingerprint density at radius 2 is 2.23 bits per heavy atom. The Morgan fingerprint density at radius 1 is 1.54 bits per heavy atom. The van der Waals surface area contributed by atoms with Crippen LogP contribution in [0.25, 0.3) is 0 Å². The zero-order valence-corrected chi connectivity index (χ0v) is 8.17. The number of amides is 2. The molecule has 0 aromatic carbocycles. The monoisotopic (exact) mass is 184 g/mol. The lowest BCUT2D eigenvalue weighted by molar-refractivity contribution is -0.137. The number of piperidine rings is 1. The minimum atomic E-state index is -0.147. The molecule has 4 nitrogen and oxygen atoms in total. The second-order valence-electron chi connectivity index (χ2n) is 3.45. The molecule has 0 aromatic heterocycles. The molecular formula is C9H16N2O2. The van der Waals surface area contributed by atoms with Crippen LogP contribution in [0.3, 0.4) is 0 Å². The van der Waals surface area contributed by atoms with Gasteiger partial charge in [-0.1, -0.05) is 6.92 Å². The van der Waals surface area contributed by atoms with Gasteiger partial charge in [-0.25, -0.2) is 0 Å². The van der Waals surface area contributed by atoms with Crippen molar-refractivity contribution >= 4 is 11.8 Å². The van der Waals surface area contributed by atoms with Crippen molar-refractivity contribution in [2.75, 3.05) is 13.6 Å². The Labute approximate surface area is 78.3 Å². The molecule has 74 valence electrons. The smallest absolute Gasteiger partial charge is 0.243 e. The third-order valence-electron chi connectivity index (χ3n) is 2.32. The Balaban J connectivity index is 2.50. The van der Waals surface area contributed by atoms with Crippen molar-refractivity contribution < 1.29 is 9.59 Å². The molecule has 1 unspecified atom stereocenters. The van der Waals surface area contributed by atoms with Gasteiger partial charge < -0.3 is 0 Å². The third kappa shape index (κ3) is 2.52. The van der Waals surface area contributed by atoms with Gasteiger partial charge in [-0.05, 0) is 26.4 Å². The molecule has 0 bridgehead atoms. The van der Waals surface area contributed by atoms with Crippen molar-refractivity contribution in [1.82, 2.24) is 10.2 Å². The lowest BCUT2D eigenvalue weighted by atomic mass is 10.0. The average molecular weight is 184 g/mol. The summed E-state index contributed by atoms with van der Waals surface area (Å²) in [6.07, 6.45) is 2.14. The first-order valence-corrected chi connectivity index (χ1v) is 4.69. The maximum atomic E-state index is 11.3. The van der Waals surface area contributed by atoms with Crippen LogP contribution < -0.4 is 5.32 Å². The van der Waals surface area contributed by atoms with Crippen LogP contribution in [0.15, 0.2) is 0 Å². The molecule has 1 saturated heterocycles. The summed E-state index contributed by atoms with van der Waals surface area (Å²) < 4.78 is 0. The molecule has 1 atom stereocenters. The molecule has 0 spiro atoms. The summed E-state index contributed by atoms with van der Waals surface area (Å²) in [6, 6.07) is -0.113. The molecule has 4 heteroatoms. The predicted octanol–water partition coefficient (Wildman–Crippen LogP) is 0.133. The van der Waals surface area contributed by atoms with Gasteiger partial charge in [0.2, 0.25) is 11.8 Å². The van der Waals surface area contributed by atoms with Gasteiger partial charge in [0, 0.05) is 6.42 Å². The summed E-state index contributed by atoms with van der Waals surface area (Å²) in [5, 5.41) is 2.35. The quantitative estimate of drug-likeness (QED) is 0.634. The van der Waals surface area contributed by atoms with E-state index >= 15 is 0 Å². The number of carbonyl (C=O) groups is 2. The van der Waals surface area contributed by atoms with Crippen LogP contribution in [0.2, 0.25) is 0 Å². The average Bonchev–Trinajstić information content (AvgIpc) is 2.04. The molecule has 1 aliphatic rings. The van der Waals surface area contributed by atoms with E-state index in [9.17, 15) is 9.59 Å². The van der Waals surface area contributed by atoms with E-state index in [0.717, 1.165) is 13.0 Å². The largest absolute Gasteiger partial charge is 0.295 e. The van der Waals surface area contributed by atoms with Crippen LogP contribution >= 0.6 is 0 Å². The standard InChI is InChI=1S/C9H16N2O2/c1-3-6-11(2)7-4-5-8(12)10-9(7)13/h7H,3-6H2,1-2H3,(H,10,12,13). The van der Waals surface area contributed by atoms with Crippen molar-refractivity contribution in [2.24, 2.45) is 0 Å². The fourth-order valence-electron chi connectivity index (χ4n) is 1.61. The molecule has 2 amide bonds. The van der Waals surface area contributed by atoms with Gasteiger partial charge in [-0.2, -0.15) is 0 Å². The minimum Gasteiger partial charge on any atom is -0.295 e. The van der Waals surface area contributed by atoms with Crippen LogP contribution in [0.5, 0.6) is 0 Å². The van der Waals surface area contributed by atoms with Crippen molar-refractivity contribution in [3.8, 4) is 0 Å². The highest BCUT2D eigenvalue weighted by molar-refractivity contribution is 6.00. The predicted molar refractivity (Wildman–Crippen MR) is 49.1 cm³/mol. The third-order valence-corrected chi connectivity index (χ3v) is 2.32. The molecule has 1 heterocycles. The number of nitrogens with one attached hydrogen (secondary N) is 1. The maximum absolute atomic E-state index is 11.3. The van der Waals surface area contributed by atoms with Gasteiger partial charge in [-0.15, -0.1) is 0 Å². The number of carbonyl (C=O) groups excluding carboxylic acids is 2. The molecular weight excluding hydrogens is 168 g/mol. The number of hydrogen-bond acceptors (Lipinski definition) is 3. The molecule has 0 radical (unpaired) electrons.